The van der Waals surface area contributed by atoms with E-state index in [4.69, 9.17) is 0 Å². The smallest absolute Gasteiger partial charge is 0.221 e. The van der Waals surface area contributed by atoms with Crippen molar-refractivity contribution in [2.75, 3.05) is 25.0 Å². The van der Waals surface area contributed by atoms with Crippen molar-refractivity contribution in [1.82, 2.24) is 4.90 Å². The van der Waals surface area contributed by atoms with Gasteiger partial charge in [-0.3, -0.25) is 9.69 Å². The van der Waals surface area contributed by atoms with Gasteiger partial charge in [0.25, 0.3) is 0 Å². The van der Waals surface area contributed by atoms with Gasteiger partial charge in [0.1, 0.15) is 0 Å². The van der Waals surface area contributed by atoms with Gasteiger partial charge in [-0.15, -0.1) is 0 Å². The third-order valence-electron chi connectivity index (χ3n) is 3.54. The monoisotopic (exact) mass is 262 g/mol. The highest BCUT2D eigenvalue weighted by atomic mass is 16.3. The van der Waals surface area contributed by atoms with E-state index in [0.717, 1.165) is 38.2 Å². The van der Waals surface area contributed by atoms with Crippen LogP contribution in [0.5, 0.6) is 0 Å². The Bertz CT molecular complexity index is 417. The number of anilines is 1. The van der Waals surface area contributed by atoms with Gasteiger partial charge in [-0.25, -0.2) is 0 Å². The topological polar surface area (TPSA) is 52.6 Å². The SMILES string of the molecule is CC(=O)Nc1ccc(CN2CCCC(CO)C2)cc1. The lowest BCUT2D eigenvalue weighted by molar-refractivity contribution is -0.114. The molecule has 1 fully saturated rings. The zero-order chi connectivity index (χ0) is 13.7. The molecular weight excluding hydrogens is 240 g/mol. The van der Waals surface area contributed by atoms with Crippen LogP contribution in [0.4, 0.5) is 5.69 Å². The van der Waals surface area contributed by atoms with E-state index in [1.165, 1.54) is 12.5 Å². The van der Waals surface area contributed by atoms with Crippen LogP contribution in [-0.2, 0) is 11.3 Å². The first-order valence-corrected chi connectivity index (χ1v) is 6.87. The Morgan fingerprint density at radius 2 is 2.16 bits per heavy atom. The highest BCUT2D eigenvalue weighted by Crippen LogP contribution is 2.19. The van der Waals surface area contributed by atoms with E-state index in [0.29, 0.717) is 5.92 Å². The van der Waals surface area contributed by atoms with E-state index in [2.05, 4.69) is 10.2 Å². The fraction of sp³-hybridized carbons (Fsp3) is 0.533. The zero-order valence-corrected chi connectivity index (χ0v) is 11.4. The number of carbonyl (C=O) groups is 1. The van der Waals surface area contributed by atoms with Crippen molar-refractivity contribution in [1.29, 1.82) is 0 Å². The van der Waals surface area contributed by atoms with E-state index in [1.807, 2.05) is 24.3 Å². The maximum atomic E-state index is 10.9. The van der Waals surface area contributed by atoms with E-state index in [1.54, 1.807) is 0 Å². The Morgan fingerprint density at radius 3 is 2.79 bits per heavy atom. The second-order valence-corrected chi connectivity index (χ2v) is 5.30. The maximum absolute atomic E-state index is 10.9. The Labute approximate surface area is 114 Å². The molecule has 1 amide bonds. The third-order valence-corrected chi connectivity index (χ3v) is 3.54. The third kappa shape index (κ3) is 4.33. The molecule has 0 radical (unpaired) electrons. The average molecular weight is 262 g/mol. The molecule has 2 rings (SSSR count). The highest BCUT2D eigenvalue weighted by Gasteiger charge is 2.18. The number of hydrogen-bond acceptors (Lipinski definition) is 3. The molecule has 19 heavy (non-hydrogen) atoms. The molecule has 1 atom stereocenters. The van der Waals surface area contributed by atoms with Gasteiger partial charge in [0.2, 0.25) is 5.91 Å². The first-order valence-electron chi connectivity index (χ1n) is 6.87. The van der Waals surface area contributed by atoms with Gasteiger partial charge in [-0.05, 0) is 43.0 Å². The van der Waals surface area contributed by atoms with Crippen molar-refractivity contribution in [3.8, 4) is 0 Å². The van der Waals surface area contributed by atoms with Gasteiger partial charge in [0, 0.05) is 32.3 Å². The number of aliphatic hydroxyl groups is 1. The van der Waals surface area contributed by atoms with Crippen LogP contribution < -0.4 is 5.32 Å². The normalized spacial score (nSPS) is 20.2. The lowest BCUT2D eigenvalue weighted by Crippen LogP contribution is -2.36. The number of nitrogens with zero attached hydrogens (tertiary/aromatic N) is 1. The molecule has 1 aromatic carbocycles. The summed E-state index contributed by atoms with van der Waals surface area (Å²) in [6.07, 6.45) is 2.30. The molecule has 1 unspecified atom stereocenters. The number of hydrogen-bond donors (Lipinski definition) is 2. The second-order valence-electron chi connectivity index (χ2n) is 5.30. The lowest BCUT2D eigenvalue weighted by atomic mass is 9.98. The molecule has 1 aliphatic rings. The van der Waals surface area contributed by atoms with Crippen LogP contribution in [0, 0.1) is 5.92 Å². The number of likely N-dealkylation sites (tertiary alicyclic amines) is 1. The number of carbonyl (C=O) groups excluding carboxylic acids is 1. The van der Waals surface area contributed by atoms with Crippen LogP contribution in [0.25, 0.3) is 0 Å². The lowest BCUT2D eigenvalue weighted by Gasteiger charge is -2.31. The molecule has 104 valence electrons. The van der Waals surface area contributed by atoms with E-state index in [-0.39, 0.29) is 12.5 Å². The summed E-state index contributed by atoms with van der Waals surface area (Å²) in [6, 6.07) is 7.97. The standard InChI is InChI=1S/C15H22N2O2/c1-12(19)16-15-6-4-13(5-7-15)9-17-8-2-3-14(10-17)11-18/h4-7,14,18H,2-3,8-11H2,1H3,(H,16,19). The van der Waals surface area contributed by atoms with Crippen LogP contribution in [0.15, 0.2) is 24.3 Å². The molecule has 0 saturated carbocycles. The minimum Gasteiger partial charge on any atom is -0.396 e. The van der Waals surface area contributed by atoms with Crippen molar-refractivity contribution >= 4 is 11.6 Å². The Kier molecular flexibility index (Phi) is 4.93. The molecule has 1 aromatic rings. The molecule has 1 heterocycles. The number of amides is 1. The van der Waals surface area contributed by atoms with Crippen LogP contribution in [0.2, 0.25) is 0 Å². The molecule has 2 N–H and O–H groups in total. The fourth-order valence-corrected chi connectivity index (χ4v) is 2.60. The van der Waals surface area contributed by atoms with Gasteiger partial charge in [0.15, 0.2) is 0 Å². The Hall–Kier alpha value is -1.39. The Balaban J connectivity index is 1.90. The average Bonchev–Trinajstić information content (AvgIpc) is 2.41. The fourth-order valence-electron chi connectivity index (χ4n) is 2.60. The molecule has 1 saturated heterocycles. The molecule has 0 aliphatic carbocycles. The van der Waals surface area contributed by atoms with Gasteiger partial charge in [-0.1, -0.05) is 12.1 Å². The van der Waals surface area contributed by atoms with Crippen molar-refractivity contribution in [3.63, 3.8) is 0 Å². The predicted octanol–water partition coefficient (Wildman–Crippen LogP) is 1.85. The van der Waals surface area contributed by atoms with Crippen LogP contribution in [0.3, 0.4) is 0 Å². The van der Waals surface area contributed by atoms with Crippen molar-refractivity contribution in [3.05, 3.63) is 29.8 Å². The van der Waals surface area contributed by atoms with Crippen molar-refractivity contribution in [2.45, 2.75) is 26.3 Å². The zero-order valence-electron chi connectivity index (χ0n) is 11.4. The second kappa shape index (κ2) is 6.68. The van der Waals surface area contributed by atoms with E-state index < -0.39 is 0 Å². The summed E-state index contributed by atoms with van der Waals surface area (Å²) in [6.45, 7) is 4.79. The number of piperidine rings is 1. The first-order chi connectivity index (χ1) is 9.17. The summed E-state index contributed by atoms with van der Waals surface area (Å²) in [7, 11) is 0. The minimum atomic E-state index is -0.0467. The maximum Gasteiger partial charge on any atom is 0.221 e. The van der Waals surface area contributed by atoms with Gasteiger partial charge in [0.05, 0.1) is 0 Å². The summed E-state index contributed by atoms with van der Waals surface area (Å²) in [5.74, 6) is 0.377. The number of aliphatic hydroxyl groups excluding tert-OH is 1. The molecule has 0 aromatic heterocycles. The van der Waals surface area contributed by atoms with Crippen LogP contribution in [-0.4, -0.2) is 35.6 Å². The van der Waals surface area contributed by atoms with Crippen molar-refractivity contribution in [2.24, 2.45) is 5.92 Å². The summed E-state index contributed by atoms with van der Waals surface area (Å²) >= 11 is 0. The molecule has 0 spiro atoms. The molecule has 0 bridgehead atoms. The number of rotatable bonds is 4. The van der Waals surface area contributed by atoms with E-state index in [9.17, 15) is 9.90 Å². The molecule has 4 nitrogen and oxygen atoms in total. The predicted molar refractivity (Wildman–Crippen MR) is 75.8 cm³/mol. The number of nitrogens with one attached hydrogen (secondary N) is 1. The number of benzene rings is 1. The highest BCUT2D eigenvalue weighted by molar-refractivity contribution is 5.88. The summed E-state index contributed by atoms with van der Waals surface area (Å²) < 4.78 is 0. The summed E-state index contributed by atoms with van der Waals surface area (Å²) in [5, 5.41) is 12.0. The van der Waals surface area contributed by atoms with Crippen molar-refractivity contribution < 1.29 is 9.90 Å². The largest absolute Gasteiger partial charge is 0.396 e. The van der Waals surface area contributed by atoms with E-state index >= 15 is 0 Å². The first kappa shape index (κ1) is 14.0. The van der Waals surface area contributed by atoms with Crippen LogP contribution >= 0.6 is 0 Å². The van der Waals surface area contributed by atoms with Crippen LogP contribution in [0.1, 0.15) is 25.3 Å². The summed E-state index contributed by atoms with van der Waals surface area (Å²) in [5.41, 5.74) is 2.08. The Morgan fingerprint density at radius 1 is 1.42 bits per heavy atom. The van der Waals surface area contributed by atoms with Gasteiger partial charge < -0.3 is 10.4 Å². The molecule has 1 aliphatic heterocycles. The van der Waals surface area contributed by atoms with Gasteiger partial charge >= 0.3 is 0 Å². The van der Waals surface area contributed by atoms with Gasteiger partial charge in [-0.2, -0.15) is 0 Å². The molecular formula is C15H22N2O2. The minimum absolute atomic E-state index is 0.0467. The quantitative estimate of drug-likeness (QED) is 0.870. The molecule has 4 heteroatoms. The summed E-state index contributed by atoms with van der Waals surface area (Å²) in [4.78, 5) is 13.3.